The van der Waals surface area contributed by atoms with Gasteiger partial charge in [-0.25, -0.2) is 0 Å². The number of hydrogen-bond acceptors (Lipinski definition) is 2. The predicted octanol–water partition coefficient (Wildman–Crippen LogP) is 2.57. The molecule has 20 heavy (non-hydrogen) atoms. The van der Waals surface area contributed by atoms with E-state index in [-0.39, 0.29) is 17.9 Å². The first-order valence-electron chi connectivity index (χ1n) is 7.78. The van der Waals surface area contributed by atoms with Crippen molar-refractivity contribution < 1.29 is 9.59 Å². The molecule has 1 heterocycles. The molecule has 4 nitrogen and oxygen atoms in total. The average Bonchev–Trinajstić information content (AvgIpc) is 2.28. The maximum atomic E-state index is 12.6. The molecule has 0 aromatic rings. The van der Waals surface area contributed by atoms with Crippen molar-refractivity contribution in [2.24, 2.45) is 11.8 Å². The Morgan fingerprint density at radius 1 is 1.15 bits per heavy atom. The molecule has 1 fully saturated rings. The predicted molar refractivity (Wildman–Crippen MR) is 81.2 cm³/mol. The highest BCUT2D eigenvalue weighted by molar-refractivity contribution is 5.99. The van der Waals surface area contributed by atoms with Crippen LogP contribution >= 0.6 is 0 Å². The van der Waals surface area contributed by atoms with Gasteiger partial charge in [0.1, 0.15) is 11.6 Å². The van der Waals surface area contributed by atoms with Crippen molar-refractivity contribution >= 4 is 11.8 Å². The number of nitrogens with one attached hydrogen (secondary N) is 1. The smallest absolute Gasteiger partial charge is 0.248 e. The molecule has 4 heteroatoms. The van der Waals surface area contributed by atoms with Crippen LogP contribution in [0.3, 0.4) is 0 Å². The molecule has 1 unspecified atom stereocenters. The quantitative estimate of drug-likeness (QED) is 0.814. The third kappa shape index (κ3) is 4.22. The Balaban J connectivity index is 2.83. The van der Waals surface area contributed by atoms with Crippen LogP contribution in [-0.4, -0.2) is 34.8 Å². The summed E-state index contributed by atoms with van der Waals surface area (Å²) in [4.78, 5) is 26.7. The van der Waals surface area contributed by atoms with E-state index in [0.717, 1.165) is 19.3 Å². The molecule has 0 saturated carbocycles. The van der Waals surface area contributed by atoms with Gasteiger partial charge in [-0.15, -0.1) is 0 Å². The Labute approximate surface area is 123 Å². The van der Waals surface area contributed by atoms with Crippen molar-refractivity contribution in [3.63, 3.8) is 0 Å². The number of piperazine rings is 1. The zero-order chi connectivity index (χ0) is 15.5. The van der Waals surface area contributed by atoms with Gasteiger partial charge in [0.05, 0.1) is 0 Å². The monoisotopic (exact) mass is 282 g/mol. The fourth-order valence-corrected chi connectivity index (χ4v) is 2.69. The Bertz CT molecular complexity index is 361. The molecular weight excluding hydrogens is 252 g/mol. The second-order valence-electron chi connectivity index (χ2n) is 7.29. The summed E-state index contributed by atoms with van der Waals surface area (Å²) in [5.41, 5.74) is -0.775. The van der Waals surface area contributed by atoms with E-state index in [1.54, 1.807) is 18.7 Å². The summed E-state index contributed by atoms with van der Waals surface area (Å²) in [6.07, 6.45) is 2.77. The van der Waals surface area contributed by atoms with Gasteiger partial charge in [-0.3, -0.25) is 9.59 Å². The Kier molecular flexibility index (Phi) is 5.60. The fraction of sp³-hybridized carbons (Fsp3) is 0.875. The summed E-state index contributed by atoms with van der Waals surface area (Å²) in [7, 11) is 0. The number of rotatable bonds is 6. The van der Waals surface area contributed by atoms with Crippen molar-refractivity contribution in [2.75, 3.05) is 6.54 Å². The van der Waals surface area contributed by atoms with Crippen LogP contribution in [0.5, 0.6) is 0 Å². The first-order chi connectivity index (χ1) is 9.15. The minimum absolute atomic E-state index is 0.00662. The van der Waals surface area contributed by atoms with Crippen LogP contribution in [0, 0.1) is 11.8 Å². The zero-order valence-electron chi connectivity index (χ0n) is 13.8. The van der Waals surface area contributed by atoms with E-state index in [0.29, 0.717) is 18.4 Å². The summed E-state index contributed by atoms with van der Waals surface area (Å²) < 4.78 is 0. The molecule has 1 aliphatic rings. The zero-order valence-corrected chi connectivity index (χ0v) is 13.8. The topological polar surface area (TPSA) is 49.4 Å². The highest BCUT2D eigenvalue weighted by Crippen LogP contribution is 2.23. The minimum atomic E-state index is -0.775. The molecule has 1 N–H and O–H groups in total. The molecule has 0 aromatic carbocycles. The maximum Gasteiger partial charge on any atom is 0.248 e. The number of amides is 2. The SMILES string of the molecule is CC(C)CCCN1C(=O)C(C)(C)NC(=O)C1CC(C)C. The van der Waals surface area contributed by atoms with Crippen molar-refractivity contribution in [3.05, 3.63) is 0 Å². The van der Waals surface area contributed by atoms with Gasteiger partial charge in [0, 0.05) is 6.54 Å². The van der Waals surface area contributed by atoms with Gasteiger partial charge >= 0.3 is 0 Å². The fourth-order valence-electron chi connectivity index (χ4n) is 2.69. The Hall–Kier alpha value is -1.06. The largest absolute Gasteiger partial charge is 0.340 e. The summed E-state index contributed by atoms with van der Waals surface area (Å²) in [6.45, 7) is 12.8. The number of hydrogen-bond donors (Lipinski definition) is 1. The highest BCUT2D eigenvalue weighted by atomic mass is 16.2. The third-order valence-electron chi connectivity index (χ3n) is 3.79. The van der Waals surface area contributed by atoms with Crippen LogP contribution in [0.1, 0.15) is 60.8 Å². The van der Waals surface area contributed by atoms with Gasteiger partial charge in [-0.2, -0.15) is 0 Å². The highest BCUT2D eigenvalue weighted by Gasteiger charge is 2.44. The third-order valence-corrected chi connectivity index (χ3v) is 3.79. The van der Waals surface area contributed by atoms with Crippen molar-refractivity contribution in [3.8, 4) is 0 Å². The molecule has 0 radical (unpaired) electrons. The summed E-state index contributed by atoms with van der Waals surface area (Å²) in [5, 5.41) is 2.86. The van der Waals surface area contributed by atoms with E-state index in [4.69, 9.17) is 0 Å². The molecule has 0 aromatic heterocycles. The average molecular weight is 282 g/mol. The van der Waals surface area contributed by atoms with Gasteiger partial charge in [0.25, 0.3) is 0 Å². The normalized spacial score (nSPS) is 22.6. The summed E-state index contributed by atoms with van der Waals surface area (Å²) in [6, 6.07) is -0.303. The van der Waals surface area contributed by atoms with E-state index < -0.39 is 5.54 Å². The molecule has 1 atom stereocenters. The molecule has 0 aliphatic carbocycles. The first kappa shape index (κ1) is 17.0. The standard InChI is InChI=1S/C16H30N2O2/c1-11(2)8-7-9-18-13(10-12(3)4)14(19)17-16(5,6)15(18)20/h11-13H,7-10H2,1-6H3,(H,17,19). The number of carbonyl (C=O) groups excluding carboxylic acids is 2. The lowest BCUT2D eigenvalue weighted by Gasteiger charge is -2.43. The lowest BCUT2D eigenvalue weighted by Crippen LogP contribution is -2.68. The number of carbonyl (C=O) groups is 2. The Morgan fingerprint density at radius 3 is 2.25 bits per heavy atom. The van der Waals surface area contributed by atoms with E-state index in [1.165, 1.54) is 0 Å². The molecule has 1 aliphatic heterocycles. The lowest BCUT2D eigenvalue weighted by atomic mass is 9.92. The van der Waals surface area contributed by atoms with Crippen LogP contribution in [-0.2, 0) is 9.59 Å². The molecule has 2 amide bonds. The van der Waals surface area contributed by atoms with E-state index in [1.807, 2.05) is 0 Å². The molecule has 1 saturated heterocycles. The van der Waals surface area contributed by atoms with Crippen LogP contribution in [0.25, 0.3) is 0 Å². The van der Waals surface area contributed by atoms with E-state index >= 15 is 0 Å². The first-order valence-corrected chi connectivity index (χ1v) is 7.78. The van der Waals surface area contributed by atoms with Gasteiger partial charge in [0.15, 0.2) is 0 Å². The van der Waals surface area contributed by atoms with Crippen LogP contribution in [0.2, 0.25) is 0 Å². The molecular formula is C16H30N2O2. The molecule has 116 valence electrons. The molecule has 0 spiro atoms. The summed E-state index contributed by atoms with van der Waals surface area (Å²) >= 11 is 0. The second kappa shape index (κ2) is 6.59. The lowest BCUT2D eigenvalue weighted by molar-refractivity contribution is -0.154. The van der Waals surface area contributed by atoms with Crippen molar-refractivity contribution in [1.82, 2.24) is 10.2 Å². The Morgan fingerprint density at radius 2 is 1.75 bits per heavy atom. The van der Waals surface area contributed by atoms with Crippen molar-refractivity contribution in [2.45, 2.75) is 72.4 Å². The molecule has 1 rings (SSSR count). The van der Waals surface area contributed by atoms with Crippen LogP contribution < -0.4 is 5.32 Å². The second-order valence-corrected chi connectivity index (χ2v) is 7.29. The number of nitrogens with zero attached hydrogens (tertiary/aromatic N) is 1. The van der Waals surface area contributed by atoms with Crippen LogP contribution in [0.4, 0.5) is 0 Å². The summed E-state index contributed by atoms with van der Waals surface area (Å²) in [5.74, 6) is 1.06. The van der Waals surface area contributed by atoms with E-state index in [9.17, 15) is 9.59 Å². The van der Waals surface area contributed by atoms with E-state index in [2.05, 4.69) is 33.0 Å². The maximum absolute atomic E-state index is 12.6. The van der Waals surface area contributed by atoms with Gasteiger partial charge < -0.3 is 10.2 Å². The molecule has 0 bridgehead atoms. The van der Waals surface area contributed by atoms with Gasteiger partial charge in [-0.05, 0) is 44.9 Å². The van der Waals surface area contributed by atoms with Gasteiger partial charge in [0.2, 0.25) is 11.8 Å². The van der Waals surface area contributed by atoms with Gasteiger partial charge in [-0.1, -0.05) is 27.7 Å². The van der Waals surface area contributed by atoms with Crippen LogP contribution in [0.15, 0.2) is 0 Å². The minimum Gasteiger partial charge on any atom is -0.340 e. The van der Waals surface area contributed by atoms with Crippen molar-refractivity contribution in [1.29, 1.82) is 0 Å².